The summed E-state index contributed by atoms with van der Waals surface area (Å²) >= 11 is 0. The fraction of sp³-hybridized carbons (Fsp3) is 0.333. The summed E-state index contributed by atoms with van der Waals surface area (Å²) in [7, 11) is 0. The molecule has 0 saturated carbocycles. The van der Waals surface area contributed by atoms with Crippen molar-refractivity contribution in [3.63, 3.8) is 0 Å². The first-order valence-corrected chi connectivity index (χ1v) is 9.30. The van der Waals surface area contributed by atoms with Crippen LogP contribution in [0, 0.1) is 0 Å². The second-order valence-corrected chi connectivity index (χ2v) is 6.60. The Labute approximate surface area is 183 Å². The van der Waals surface area contributed by atoms with Crippen LogP contribution in [0.15, 0.2) is 47.5 Å². The van der Waals surface area contributed by atoms with Crippen molar-refractivity contribution in [2.24, 2.45) is 10.7 Å². The number of aryl methyl sites for hydroxylation is 1. The smallest absolute Gasteiger partial charge is 0.221 e. The molecule has 0 aliphatic heterocycles. The standard InChI is InChI=1S/C21H26N4O2.HI/c1-15(26)24-17-8-5-9-18(14-17)27-13-12-23-21(22)25-20-11-4-7-16-6-2-3-10-19(16)20;/h4-5,7-9,11,14H,2-3,6,10,12-13H2,1H3,(H,24,26)(H3,22,23,25);1H. The van der Waals surface area contributed by atoms with Crippen LogP contribution >= 0.6 is 24.0 Å². The third kappa shape index (κ3) is 6.40. The first-order chi connectivity index (χ1) is 13.1. The Hall–Kier alpha value is -2.29. The summed E-state index contributed by atoms with van der Waals surface area (Å²) in [5.41, 5.74) is 10.6. The predicted molar refractivity (Wildman–Crippen MR) is 125 cm³/mol. The summed E-state index contributed by atoms with van der Waals surface area (Å²) in [6.45, 7) is 2.32. The van der Waals surface area contributed by atoms with E-state index in [4.69, 9.17) is 10.5 Å². The molecule has 1 aliphatic carbocycles. The highest BCUT2D eigenvalue weighted by Gasteiger charge is 2.13. The van der Waals surface area contributed by atoms with Crippen LogP contribution in [0.4, 0.5) is 11.4 Å². The second-order valence-electron chi connectivity index (χ2n) is 6.60. The molecule has 0 aromatic heterocycles. The molecule has 0 bridgehead atoms. The molecule has 7 heteroatoms. The van der Waals surface area contributed by atoms with Crippen molar-refractivity contribution in [3.05, 3.63) is 53.6 Å². The Morgan fingerprint density at radius 3 is 2.75 bits per heavy atom. The molecule has 0 fully saturated rings. The molecule has 6 nitrogen and oxygen atoms in total. The number of ether oxygens (including phenoxy) is 1. The maximum atomic E-state index is 11.1. The number of rotatable bonds is 6. The van der Waals surface area contributed by atoms with E-state index in [9.17, 15) is 4.79 Å². The van der Waals surface area contributed by atoms with Gasteiger partial charge in [0.2, 0.25) is 5.91 Å². The topological polar surface area (TPSA) is 88.7 Å². The van der Waals surface area contributed by atoms with Gasteiger partial charge in [-0.2, -0.15) is 0 Å². The van der Waals surface area contributed by atoms with Gasteiger partial charge in [0.1, 0.15) is 12.4 Å². The van der Waals surface area contributed by atoms with E-state index in [1.807, 2.05) is 18.2 Å². The lowest BCUT2D eigenvalue weighted by atomic mass is 9.90. The van der Waals surface area contributed by atoms with E-state index in [2.05, 4.69) is 33.8 Å². The van der Waals surface area contributed by atoms with Gasteiger partial charge in [0.05, 0.1) is 6.54 Å². The summed E-state index contributed by atoms with van der Waals surface area (Å²) in [5.74, 6) is 0.961. The molecule has 1 amide bonds. The van der Waals surface area contributed by atoms with Crippen LogP contribution in [0.1, 0.15) is 30.9 Å². The number of carbonyl (C=O) groups is 1. The number of nitrogens with one attached hydrogen (secondary N) is 2. The van der Waals surface area contributed by atoms with Gasteiger partial charge in [0.25, 0.3) is 0 Å². The Kier molecular flexibility index (Phi) is 8.56. The molecule has 0 heterocycles. The van der Waals surface area contributed by atoms with Gasteiger partial charge in [0, 0.05) is 24.4 Å². The van der Waals surface area contributed by atoms with E-state index in [0.717, 1.165) is 18.5 Å². The Balaban J connectivity index is 0.00000280. The normalized spacial score (nSPS) is 13.1. The number of aliphatic imine (C=N–C) groups is 1. The summed E-state index contributed by atoms with van der Waals surface area (Å²) in [6, 6.07) is 13.6. The van der Waals surface area contributed by atoms with Crippen molar-refractivity contribution >= 4 is 47.2 Å². The van der Waals surface area contributed by atoms with Crippen LogP contribution < -0.4 is 21.1 Å². The minimum Gasteiger partial charge on any atom is -0.492 e. The highest BCUT2D eigenvalue weighted by molar-refractivity contribution is 14.0. The van der Waals surface area contributed by atoms with Gasteiger partial charge in [-0.05, 0) is 55.0 Å². The molecule has 1 aliphatic rings. The second kappa shape index (κ2) is 10.9. The summed E-state index contributed by atoms with van der Waals surface area (Å²) in [5, 5.41) is 5.95. The average Bonchev–Trinajstić information content (AvgIpc) is 2.65. The number of guanidine groups is 1. The first kappa shape index (κ1) is 22.0. The monoisotopic (exact) mass is 494 g/mol. The zero-order valence-corrected chi connectivity index (χ0v) is 18.4. The summed E-state index contributed by atoms with van der Waals surface area (Å²) in [4.78, 5) is 15.5. The lowest BCUT2D eigenvalue weighted by Crippen LogP contribution is -2.25. The summed E-state index contributed by atoms with van der Waals surface area (Å²) in [6.07, 6.45) is 4.68. The van der Waals surface area contributed by atoms with Crippen molar-refractivity contribution in [3.8, 4) is 5.75 Å². The number of halogens is 1. The zero-order chi connectivity index (χ0) is 19.1. The molecule has 150 valence electrons. The number of carbonyl (C=O) groups excluding carboxylic acids is 1. The molecule has 2 aromatic carbocycles. The Bertz CT molecular complexity index is 839. The number of fused-ring (bicyclic) bond motifs is 1. The van der Waals surface area contributed by atoms with Crippen LogP contribution in [0.2, 0.25) is 0 Å². The SMILES string of the molecule is CC(=O)Nc1cccc(OCCN=C(N)Nc2cccc3c2CCCC3)c1.I. The van der Waals surface area contributed by atoms with Crippen molar-refractivity contribution < 1.29 is 9.53 Å². The number of nitrogens with zero attached hydrogens (tertiary/aromatic N) is 1. The average molecular weight is 494 g/mol. The number of benzene rings is 2. The van der Waals surface area contributed by atoms with Gasteiger partial charge < -0.3 is 21.1 Å². The van der Waals surface area contributed by atoms with Crippen LogP contribution in [-0.2, 0) is 17.6 Å². The number of nitrogens with two attached hydrogens (primary N) is 1. The molecule has 2 aromatic rings. The van der Waals surface area contributed by atoms with Gasteiger partial charge >= 0.3 is 0 Å². The fourth-order valence-corrected chi connectivity index (χ4v) is 3.27. The van der Waals surface area contributed by atoms with E-state index >= 15 is 0 Å². The first-order valence-electron chi connectivity index (χ1n) is 9.30. The van der Waals surface area contributed by atoms with Gasteiger partial charge in [-0.25, -0.2) is 4.99 Å². The molecule has 0 spiro atoms. The molecule has 0 unspecified atom stereocenters. The van der Waals surface area contributed by atoms with E-state index in [0.29, 0.717) is 30.5 Å². The lowest BCUT2D eigenvalue weighted by molar-refractivity contribution is -0.114. The van der Waals surface area contributed by atoms with Crippen molar-refractivity contribution in [1.29, 1.82) is 0 Å². The van der Waals surface area contributed by atoms with Crippen molar-refractivity contribution in [2.75, 3.05) is 23.8 Å². The molecule has 0 atom stereocenters. The van der Waals surface area contributed by atoms with E-state index in [1.54, 1.807) is 6.07 Å². The molecule has 0 saturated heterocycles. The maximum absolute atomic E-state index is 11.1. The molecule has 3 rings (SSSR count). The Morgan fingerprint density at radius 2 is 1.93 bits per heavy atom. The van der Waals surface area contributed by atoms with E-state index in [-0.39, 0.29) is 29.9 Å². The number of hydrogen-bond acceptors (Lipinski definition) is 3. The predicted octanol–water partition coefficient (Wildman–Crippen LogP) is 3.95. The maximum Gasteiger partial charge on any atom is 0.221 e. The minimum absolute atomic E-state index is 0. The third-order valence-corrected chi connectivity index (χ3v) is 4.46. The van der Waals surface area contributed by atoms with Crippen molar-refractivity contribution in [1.82, 2.24) is 0 Å². The van der Waals surface area contributed by atoms with Crippen LogP contribution in [0.25, 0.3) is 0 Å². The Morgan fingerprint density at radius 1 is 1.14 bits per heavy atom. The largest absolute Gasteiger partial charge is 0.492 e. The number of anilines is 2. The third-order valence-electron chi connectivity index (χ3n) is 4.46. The number of hydrogen-bond donors (Lipinski definition) is 3. The molecular weight excluding hydrogens is 467 g/mol. The minimum atomic E-state index is -0.112. The van der Waals surface area contributed by atoms with Gasteiger partial charge in [-0.15, -0.1) is 24.0 Å². The highest BCUT2D eigenvalue weighted by atomic mass is 127. The summed E-state index contributed by atoms with van der Waals surface area (Å²) < 4.78 is 5.68. The molecular formula is C21H27IN4O2. The van der Waals surface area contributed by atoms with Gasteiger partial charge in [0.15, 0.2) is 5.96 Å². The van der Waals surface area contributed by atoms with E-state index in [1.165, 1.54) is 30.9 Å². The van der Waals surface area contributed by atoms with Gasteiger partial charge in [-0.3, -0.25) is 4.79 Å². The van der Waals surface area contributed by atoms with E-state index < -0.39 is 0 Å². The van der Waals surface area contributed by atoms with Crippen LogP contribution in [0.3, 0.4) is 0 Å². The molecule has 4 N–H and O–H groups in total. The quantitative estimate of drug-likeness (QED) is 0.246. The number of amides is 1. The molecule has 0 radical (unpaired) electrons. The van der Waals surface area contributed by atoms with Gasteiger partial charge in [-0.1, -0.05) is 18.2 Å². The lowest BCUT2D eigenvalue weighted by Gasteiger charge is -2.19. The van der Waals surface area contributed by atoms with Crippen molar-refractivity contribution in [2.45, 2.75) is 32.6 Å². The zero-order valence-electron chi connectivity index (χ0n) is 16.0. The van der Waals surface area contributed by atoms with Crippen LogP contribution in [-0.4, -0.2) is 25.0 Å². The fourth-order valence-electron chi connectivity index (χ4n) is 3.27. The highest BCUT2D eigenvalue weighted by Crippen LogP contribution is 2.27. The molecule has 28 heavy (non-hydrogen) atoms. The van der Waals surface area contributed by atoms with Crippen LogP contribution in [0.5, 0.6) is 5.75 Å².